The van der Waals surface area contributed by atoms with Crippen LogP contribution in [-0.2, 0) is 20.9 Å². The van der Waals surface area contributed by atoms with E-state index in [9.17, 15) is 18.0 Å². The minimum Gasteiger partial charge on any atom is -0.475 e. The fourth-order valence-corrected chi connectivity index (χ4v) is 3.68. The normalized spacial score (nSPS) is 25.2. The van der Waals surface area contributed by atoms with E-state index in [2.05, 4.69) is 16.3 Å². The van der Waals surface area contributed by atoms with Crippen molar-refractivity contribution in [2.45, 2.75) is 18.8 Å². The van der Waals surface area contributed by atoms with Gasteiger partial charge in [-0.25, -0.2) is 4.79 Å². The molecule has 3 aliphatic heterocycles. The van der Waals surface area contributed by atoms with E-state index < -0.39 is 12.1 Å². The van der Waals surface area contributed by atoms with Crippen LogP contribution in [0.15, 0.2) is 18.2 Å². The minimum atomic E-state index is -5.08. The van der Waals surface area contributed by atoms with Crippen LogP contribution in [0.1, 0.15) is 5.56 Å². The van der Waals surface area contributed by atoms with Gasteiger partial charge in [0.25, 0.3) is 0 Å². The van der Waals surface area contributed by atoms with E-state index in [0.29, 0.717) is 19.3 Å². The lowest BCUT2D eigenvalue weighted by molar-refractivity contribution is -0.192. The van der Waals surface area contributed by atoms with Gasteiger partial charge in [0.2, 0.25) is 12.7 Å². The van der Waals surface area contributed by atoms with Gasteiger partial charge in [-0.3, -0.25) is 9.69 Å². The number of fused-ring (bicyclic) bond motifs is 2. The number of halogens is 3. The van der Waals surface area contributed by atoms with Gasteiger partial charge in [0, 0.05) is 32.6 Å². The summed E-state index contributed by atoms with van der Waals surface area (Å²) in [6.45, 7) is 3.47. The number of aliphatic carboxylic acids is 1. The molecule has 160 valence electrons. The van der Waals surface area contributed by atoms with Gasteiger partial charge in [-0.1, -0.05) is 6.07 Å². The molecular formula is C18H21F3N2O6. The molecule has 0 saturated carbocycles. The van der Waals surface area contributed by atoms with E-state index in [0.717, 1.165) is 31.1 Å². The van der Waals surface area contributed by atoms with Gasteiger partial charge in [-0.2, -0.15) is 13.2 Å². The largest absolute Gasteiger partial charge is 0.490 e. The average Bonchev–Trinajstić information content (AvgIpc) is 3.35. The molecule has 29 heavy (non-hydrogen) atoms. The summed E-state index contributed by atoms with van der Waals surface area (Å²) >= 11 is 0. The van der Waals surface area contributed by atoms with Crippen LogP contribution in [-0.4, -0.2) is 67.7 Å². The maximum absolute atomic E-state index is 11.9. The van der Waals surface area contributed by atoms with E-state index >= 15 is 0 Å². The molecule has 1 aromatic rings. The predicted octanol–water partition coefficient (Wildman–Crippen LogP) is 1.24. The number of ether oxygens (including phenoxy) is 3. The highest BCUT2D eigenvalue weighted by Gasteiger charge is 2.46. The highest BCUT2D eigenvalue weighted by Crippen LogP contribution is 2.36. The molecule has 11 heteroatoms. The molecule has 2 fully saturated rings. The predicted molar refractivity (Wildman–Crippen MR) is 92.3 cm³/mol. The zero-order valence-electron chi connectivity index (χ0n) is 15.6. The molecule has 2 N–H and O–H groups in total. The van der Waals surface area contributed by atoms with E-state index in [4.69, 9.17) is 24.1 Å². The standard InChI is InChI=1S/C16H20N2O4.C2HF3O2/c1-17-16(19)12-8-20-15-7-18(6-11(12)15)5-10-2-3-13-14(4-10)22-9-21-13;3-2(4,5)1(6)7/h2-4,11-12,15H,5-9H2,1H3,(H,17,19);(H,6,7)/t11-,12+,15-;/m1./s1. The van der Waals surface area contributed by atoms with E-state index in [-0.39, 0.29) is 17.9 Å². The number of carbonyl (C=O) groups excluding carboxylic acids is 1. The summed E-state index contributed by atoms with van der Waals surface area (Å²) < 4.78 is 48.3. The number of hydrogen-bond acceptors (Lipinski definition) is 6. The van der Waals surface area contributed by atoms with Gasteiger partial charge < -0.3 is 24.6 Å². The van der Waals surface area contributed by atoms with Crippen LogP contribution in [0.2, 0.25) is 0 Å². The Balaban J connectivity index is 0.000000298. The molecule has 4 rings (SSSR count). The Labute approximate surface area is 164 Å². The molecule has 1 amide bonds. The van der Waals surface area contributed by atoms with Crippen molar-refractivity contribution in [3.63, 3.8) is 0 Å². The van der Waals surface area contributed by atoms with Crippen molar-refractivity contribution < 1.29 is 42.1 Å². The summed E-state index contributed by atoms with van der Waals surface area (Å²) in [7, 11) is 1.69. The van der Waals surface area contributed by atoms with Gasteiger partial charge in [-0.05, 0) is 17.7 Å². The first-order valence-corrected chi connectivity index (χ1v) is 8.93. The monoisotopic (exact) mass is 418 g/mol. The number of amides is 1. The number of hydrogen-bond donors (Lipinski definition) is 2. The Morgan fingerprint density at radius 1 is 1.24 bits per heavy atom. The number of carbonyl (C=O) groups is 2. The molecule has 0 aromatic heterocycles. The fourth-order valence-electron chi connectivity index (χ4n) is 3.68. The second-order valence-corrected chi connectivity index (χ2v) is 6.94. The lowest BCUT2D eigenvalue weighted by Gasteiger charge is -2.19. The molecule has 0 radical (unpaired) electrons. The molecule has 2 saturated heterocycles. The zero-order chi connectivity index (χ0) is 21.2. The number of carboxylic acid groups (broad SMARTS) is 1. The number of alkyl halides is 3. The lowest BCUT2D eigenvalue weighted by Crippen LogP contribution is -2.34. The van der Waals surface area contributed by atoms with Crippen LogP contribution < -0.4 is 14.8 Å². The number of rotatable bonds is 3. The Hall–Kier alpha value is -2.53. The minimum absolute atomic E-state index is 0.0169. The average molecular weight is 418 g/mol. The van der Waals surface area contributed by atoms with Crippen molar-refractivity contribution in [2.75, 3.05) is 33.5 Å². The number of nitrogens with one attached hydrogen (secondary N) is 1. The van der Waals surface area contributed by atoms with Crippen molar-refractivity contribution in [2.24, 2.45) is 11.8 Å². The number of benzene rings is 1. The molecule has 0 unspecified atom stereocenters. The van der Waals surface area contributed by atoms with E-state index in [1.165, 1.54) is 5.56 Å². The van der Waals surface area contributed by atoms with E-state index in [1.807, 2.05) is 12.1 Å². The van der Waals surface area contributed by atoms with Crippen LogP contribution in [0.4, 0.5) is 13.2 Å². The molecule has 3 heterocycles. The van der Waals surface area contributed by atoms with Crippen LogP contribution in [0.25, 0.3) is 0 Å². The van der Waals surface area contributed by atoms with Crippen molar-refractivity contribution in [1.29, 1.82) is 0 Å². The van der Waals surface area contributed by atoms with Crippen LogP contribution in [0.5, 0.6) is 11.5 Å². The van der Waals surface area contributed by atoms with E-state index in [1.54, 1.807) is 7.05 Å². The summed E-state index contributed by atoms with van der Waals surface area (Å²) in [6, 6.07) is 6.06. The molecule has 3 aliphatic rings. The Kier molecular flexibility index (Phi) is 6.18. The summed E-state index contributed by atoms with van der Waals surface area (Å²) in [5, 5.41) is 9.87. The Morgan fingerprint density at radius 3 is 2.59 bits per heavy atom. The molecule has 0 spiro atoms. The maximum Gasteiger partial charge on any atom is 0.490 e. The summed E-state index contributed by atoms with van der Waals surface area (Å²) in [5.41, 5.74) is 1.20. The smallest absolute Gasteiger partial charge is 0.475 e. The van der Waals surface area contributed by atoms with Crippen molar-refractivity contribution in [1.82, 2.24) is 10.2 Å². The molecule has 3 atom stereocenters. The van der Waals surface area contributed by atoms with Gasteiger partial charge >= 0.3 is 12.1 Å². The van der Waals surface area contributed by atoms with Crippen LogP contribution in [0, 0.1) is 11.8 Å². The second kappa shape index (κ2) is 8.46. The zero-order valence-corrected chi connectivity index (χ0v) is 15.6. The first-order chi connectivity index (χ1) is 13.7. The van der Waals surface area contributed by atoms with Crippen molar-refractivity contribution >= 4 is 11.9 Å². The molecule has 1 aromatic carbocycles. The van der Waals surface area contributed by atoms with Crippen LogP contribution >= 0.6 is 0 Å². The summed E-state index contributed by atoms with van der Waals surface area (Å²) in [5.74, 6) is -0.753. The quantitative estimate of drug-likeness (QED) is 0.762. The molecule has 0 aliphatic carbocycles. The third kappa shape index (κ3) is 4.91. The van der Waals surface area contributed by atoms with Gasteiger partial charge in [0.1, 0.15) is 0 Å². The molecule has 8 nitrogen and oxygen atoms in total. The van der Waals surface area contributed by atoms with Crippen molar-refractivity contribution in [3.8, 4) is 11.5 Å². The van der Waals surface area contributed by atoms with Gasteiger partial charge in [-0.15, -0.1) is 0 Å². The SMILES string of the molecule is CNC(=O)[C@H]1CO[C@@H]2CN(Cc3ccc4c(c3)OCO4)C[C@H]12.O=C(O)C(F)(F)F. The first kappa shape index (κ1) is 21.2. The van der Waals surface area contributed by atoms with Crippen LogP contribution in [0.3, 0.4) is 0 Å². The first-order valence-electron chi connectivity index (χ1n) is 8.93. The lowest BCUT2D eigenvalue weighted by atomic mass is 9.92. The van der Waals surface area contributed by atoms with Gasteiger partial charge in [0.15, 0.2) is 11.5 Å². The Bertz CT molecular complexity index is 772. The third-order valence-electron chi connectivity index (χ3n) is 5.06. The summed E-state index contributed by atoms with van der Waals surface area (Å²) in [4.78, 5) is 23.2. The Morgan fingerprint density at radius 2 is 1.93 bits per heavy atom. The van der Waals surface area contributed by atoms with Crippen molar-refractivity contribution in [3.05, 3.63) is 23.8 Å². The number of carboxylic acids is 1. The molecular weight excluding hydrogens is 397 g/mol. The molecule has 0 bridgehead atoms. The number of nitrogens with zero attached hydrogens (tertiary/aromatic N) is 1. The van der Waals surface area contributed by atoms with Gasteiger partial charge in [0.05, 0.1) is 18.6 Å². The fraction of sp³-hybridized carbons (Fsp3) is 0.556. The summed E-state index contributed by atoms with van der Waals surface area (Å²) in [6.07, 6.45) is -4.91. The highest BCUT2D eigenvalue weighted by atomic mass is 19.4. The second-order valence-electron chi connectivity index (χ2n) is 6.94. The number of likely N-dealkylation sites (tertiary alicyclic amines) is 1. The maximum atomic E-state index is 11.9. The third-order valence-corrected chi connectivity index (χ3v) is 5.06. The highest BCUT2D eigenvalue weighted by molar-refractivity contribution is 5.79. The topological polar surface area (TPSA) is 97.3 Å².